The predicted molar refractivity (Wildman–Crippen MR) is 148 cm³/mol. The number of aryl methyl sites for hydroxylation is 1. The third-order valence-corrected chi connectivity index (χ3v) is 7.42. The van der Waals surface area contributed by atoms with Crippen molar-refractivity contribution in [1.29, 1.82) is 5.26 Å². The van der Waals surface area contributed by atoms with Crippen molar-refractivity contribution in [2.75, 3.05) is 50.6 Å². The number of carbonyl (C=O) groups is 1. The third-order valence-electron chi connectivity index (χ3n) is 7.42. The number of anilines is 2. The lowest BCUT2D eigenvalue weighted by molar-refractivity contribution is -0.135. The number of aliphatic hydroxyl groups is 1. The number of rotatable bonds is 8. The predicted octanol–water partition coefficient (Wildman–Crippen LogP) is 3.97. The first kappa shape index (κ1) is 27.1. The largest absolute Gasteiger partial charge is 0.495 e. The number of ether oxygens (including phenoxy) is 1. The van der Waals surface area contributed by atoms with E-state index < -0.39 is 0 Å². The summed E-state index contributed by atoms with van der Waals surface area (Å²) < 4.78 is 5.77. The average Bonchev–Trinajstić information content (AvgIpc) is 2.92. The molecule has 2 heterocycles. The molecule has 1 saturated heterocycles. The van der Waals surface area contributed by atoms with Crippen LogP contribution >= 0.6 is 0 Å². The van der Waals surface area contributed by atoms with E-state index in [1.807, 2.05) is 38.1 Å². The number of nitrogens with one attached hydrogen (secondary N) is 1. The molecule has 9 heteroatoms. The van der Waals surface area contributed by atoms with Crippen LogP contribution in [0.1, 0.15) is 48.3 Å². The van der Waals surface area contributed by atoms with Gasteiger partial charge in [-0.05, 0) is 56.9 Å². The van der Waals surface area contributed by atoms with Gasteiger partial charge in [0, 0.05) is 44.1 Å². The molecule has 0 saturated carbocycles. The molecule has 2 aromatic carbocycles. The molecule has 0 bridgehead atoms. The van der Waals surface area contributed by atoms with Gasteiger partial charge in [0.05, 0.1) is 42.6 Å². The van der Waals surface area contributed by atoms with Gasteiger partial charge in [-0.25, -0.2) is 9.97 Å². The lowest BCUT2D eigenvalue weighted by atomic mass is 9.94. The molecular weight excluding hydrogens is 480 g/mol. The Labute approximate surface area is 224 Å². The van der Waals surface area contributed by atoms with E-state index in [1.54, 1.807) is 19.1 Å². The summed E-state index contributed by atoms with van der Waals surface area (Å²) in [7, 11) is 3.40. The van der Waals surface area contributed by atoms with Crippen molar-refractivity contribution in [3.63, 3.8) is 0 Å². The Morgan fingerprint density at radius 3 is 2.68 bits per heavy atom. The lowest BCUT2D eigenvalue weighted by Gasteiger charge is -2.35. The van der Waals surface area contributed by atoms with Crippen molar-refractivity contribution >= 4 is 28.3 Å². The number of benzene rings is 2. The fourth-order valence-electron chi connectivity index (χ4n) is 5.25. The molecule has 38 heavy (non-hydrogen) atoms. The van der Waals surface area contributed by atoms with Crippen LogP contribution in [-0.4, -0.2) is 66.3 Å². The minimum Gasteiger partial charge on any atom is -0.495 e. The smallest absolute Gasteiger partial charge is 0.225 e. The van der Waals surface area contributed by atoms with Crippen LogP contribution in [0.2, 0.25) is 0 Å². The number of aromatic nitrogens is 2. The van der Waals surface area contributed by atoms with Crippen molar-refractivity contribution in [2.45, 2.75) is 39.7 Å². The van der Waals surface area contributed by atoms with Crippen LogP contribution in [0.5, 0.6) is 5.75 Å². The van der Waals surface area contributed by atoms with E-state index >= 15 is 0 Å². The van der Waals surface area contributed by atoms with E-state index in [2.05, 4.69) is 34.3 Å². The first-order valence-corrected chi connectivity index (χ1v) is 13.0. The van der Waals surface area contributed by atoms with Crippen molar-refractivity contribution in [3.8, 4) is 11.8 Å². The van der Waals surface area contributed by atoms with E-state index in [9.17, 15) is 15.2 Å². The van der Waals surface area contributed by atoms with Crippen LogP contribution in [0.3, 0.4) is 0 Å². The van der Waals surface area contributed by atoms with Crippen LogP contribution in [0.25, 0.3) is 10.9 Å². The fourth-order valence-corrected chi connectivity index (χ4v) is 5.25. The Kier molecular flexibility index (Phi) is 8.32. The zero-order valence-corrected chi connectivity index (χ0v) is 22.8. The van der Waals surface area contributed by atoms with Gasteiger partial charge in [0.15, 0.2) is 0 Å². The highest BCUT2D eigenvalue weighted by Crippen LogP contribution is 2.38. The number of nitriles is 1. The Hall–Kier alpha value is -3.90. The number of likely N-dealkylation sites (N-methyl/N-ethyl adjacent to an activating group) is 1. The van der Waals surface area contributed by atoms with Gasteiger partial charge in [0.25, 0.3) is 0 Å². The molecule has 0 aliphatic carbocycles. The molecule has 1 aliphatic heterocycles. The van der Waals surface area contributed by atoms with Crippen LogP contribution in [0.15, 0.2) is 30.3 Å². The van der Waals surface area contributed by atoms with Gasteiger partial charge in [-0.2, -0.15) is 5.26 Å². The topological polar surface area (TPSA) is 115 Å². The monoisotopic (exact) mass is 516 g/mol. The van der Waals surface area contributed by atoms with E-state index in [-0.39, 0.29) is 24.5 Å². The molecule has 1 unspecified atom stereocenters. The SMILES string of the molecule is COc1cc2nc(C)nc(NC(C)c3cccc(C#N)c3C)c2cc1N1CCC(C(=O)N(C)CCO)CC1. The number of fused-ring (bicyclic) bond motifs is 1. The van der Waals surface area contributed by atoms with Crippen LogP contribution in [-0.2, 0) is 4.79 Å². The zero-order valence-electron chi connectivity index (χ0n) is 22.8. The van der Waals surface area contributed by atoms with Crippen LogP contribution in [0.4, 0.5) is 11.5 Å². The normalized spacial score (nSPS) is 14.7. The molecule has 1 fully saturated rings. The van der Waals surface area contributed by atoms with Crippen molar-refractivity contribution in [3.05, 3.63) is 52.8 Å². The highest BCUT2D eigenvalue weighted by atomic mass is 16.5. The molecule has 3 aromatic rings. The summed E-state index contributed by atoms with van der Waals surface area (Å²) >= 11 is 0. The number of methoxy groups -OCH3 is 1. The molecule has 1 atom stereocenters. The summed E-state index contributed by atoms with van der Waals surface area (Å²) in [5.41, 5.74) is 4.39. The van der Waals surface area contributed by atoms with Gasteiger partial charge in [-0.3, -0.25) is 4.79 Å². The average molecular weight is 517 g/mol. The molecule has 0 spiro atoms. The molecule has 1 aromatic heterocycles. The number of nitrogens with zero attached hydrogens (tertiary/aromatic N) is 5. The quantitative estimate of drug-likeness (QED) is 0.462. The number of aliphatic hydroxyl groups excluding tert-OH is 1. The first-order chi connectivity index (χ1) is 18.3. The second-order valence-electron chi connectivity index (χ2n) is 9.90. The maximum Gasteiger partial charge on any atom is 0.225 e. The van der Waals surface area contributed by atoms with Gasteiger partial charge < -0.3 is 25.0 Å². The molecule has 4 rings (SSSR count). The van der Waals surface area contributed by atoms with Gasteiger partial charge in [0.1, 0.15) is 17.4 Å². The number of carbonyl (C=O) groups excluding carboxylic acids is 1. The number of amides is 1. The van der Waals surface area contributed by atoms with Gasteiger partial charge >= 0.3 is 0 Å². The summed E-state index contributed by atoms with van der Waals surface area (Å²) in [5, 5.41) is 23.1. The van der Waals surface area contributed by atoms with Crippen LogP contribution < -0.4 is 15.0 Å². The Bertz CT molecular complexity index is 1360. The minimum atomic E-state index is -0.0796. The van der Waals surface area contributed by atoms with Gasteiger partial charge in [-0.1, -0.05) is 12.1 Å². The van der Waals surface area contributed by atoms with Crippen LogP contribution in [0, 0.1) is 31.1 Å². The number of piperidine rings is 1. The zero-order chi connectivity index (χ0) is 27.4. The van der Waals surface area contributed by atoms with E-state index in [1.165, 1.54) is 0 Å². The molecule has 2 N–H and O–H groups in total. The third kappa shape index (κ3) is 5.50. The highest BCUT2D eigenvalue weighted by molar-refractivity contribution is 5.94. The van der Waals surface area contributed by atoms with Crippen molar-refractivity contribution in [2.24, 2.45) is 5.92 Å². The molecule has 9 nitrogen and oxygen atoms in total. The highest BCUT2D eigenvalue weighted by Gasteiger charge is 2.29. The summed E-state index contributed by atoms with van der Waals surface area (Å²) in [6.45, 7) is 7.66. The fraction of sp³-hybridized carbons (Fsp3) is 0.448. The first-order valence-electron chi connectivity index (χ1n) is 13.0. The molecular formula is C29H36N6O3. The van der Waals surface area contributed by atoms with Crippen molar-refractivity contribution in [1.82, 2.24) is 14.9 Å². The number of hydrogen-bond acceptors (Lipinski definition) is 8. The summed E-state index contributed by atoms with van der Waals surface area (Å²) in [6.07, 6.45) is 1.47. The molecule has 1 aliphatic rings. The lowest BCUT2D eigenvalue weighted by Crippen LogP contribution is -2.42. The number of hydrogen-bond donors (Lipinski definition) is 2. The summed E-state index contributed by atoms with van der Waals surface area (Å²) in [4.78, 5) is 26.0. The summed E-state index contributed by atoms with van der Waals surface area (Å²) in [6, 6.07) is 12.0. The van der Waals surface area contributed by atoms with Crippen molar-refractivity contribution < 1.29 is 14.6 Å². The Balaban J connectivity index is 1.64. The minimum absolute atomic E-state index is 0.0325. The van der Waals surface area contributed by atoms with E-state index in [0.717, 1.165) is 65.2 Å². The summed E-state index contributed by atoms with van der Waals surface area (Å²) in [5.74, 6) is 2.14. The maximum absolute atomic E-state index is 12.7. The van der Waals surface area contributed by atoms with E-state index in [4.69, 9.17) is 9.72 Å². The second-order valence-corrected chi connectivity index (χ2v) is 9.90. The Morgan fingerprint density at radius 2 is 2.03 bits per heavy atom. The molecule has 200 valence electrons. The van der Waals surface area contributed by atoms with Gasteiger partial charge in [0.2, 0.25) is 5.91 Å². The Morgan fingerprint density at radius 1 is 1.29 bits per heavy atom. The second kappa shape index (κ2) is 11.7. The molecule has 0 radical (unpaired) electrons. The maximum atomic E-state index is 12.7. The molecule has 1 amide bonds. The standard InChI is InChI=1S/C29H36N6O3/c1-18-22(17-30)7-6-8-23(18)19(2)31-28-24-15-26(27(38-5)16-25(24)32-20(3)33-28)35-11-9-21(10-12-35)29(37)34(4)13-14-36/h6-8,15-16,19,21,36H,9-14H2,1-5H3,(H,31,32,33). The van der Waals surface area contributed by atoms with Gasteiger partial charge in [-0.15, -0.1) is 0 Å². The van der Waals surface area contributed by atoms with E-state index in [0.29, 0.717) is 17.9 Å².